The van der Waals surface area contributed by atoms with Crippen molar-refractivity contribution in [2.24, 2.45) is 0 Å². The lowest BCUT2D eigenvalue weighted by molar-refractivity contribution is 0.696. The van der Waals surface area contributed by atoms with E-state index in [9.17, 15) is 0 Å². The van der Waals surface area contributed by atoms with Gasteiger partial charge >= 0.3 is 0 Å². The van der Waals surface area contributed by atoms with E-state index in [0.717, 1.165) is 13.1 Å². The maximum atomic E-state index is 8.76. The molecule has 0 saturated heterocycles. The van der Waals surface area contributed by atoms with Crippen molar-refractivity contribution in [2.75, 3.05) is 0 Å². The Hall–Kier alpha value is -2.57. The van der Waals surface area contributed by atoms with Crippen LogP contribution < -0.4 is 5.32 Å². The van der Waals surface area contributed by atoms with Gasteiger partial charge in [-0.2, -0.15) is 5.26 Å². The third-order valence-corrected chi connectivity index (χ3v) is 3.41. The second-order valence-corrected chi connectivity index (χ2v) is 4.77. The molecular weight excluding hydrogens is 246 g/mol. The first kappa shape index (κ1) is 12.5. The average molecular weight is 261 g/mol. The maximum absolute atomic E-state index is 8.76. The molecule has 0 radical (unpaired) electrons. The van der Waals surface area contributed by atoms with E-state index in [1.54, 1.807) is 0 Å². The van der Waals surface area contributed by atoms with Crippen LogP contribution in [0.25, 0.3) is 10.9 Å². The normalized spacial score (nSPS) is 10.6. The zero-order chi connectivity index (χ0) is 13.8. The van der Waals surface area contributed by atoms with E-state index < -0.39 is 0 Å². The van der Waals surface area contributed by atoms with Crippen LogP contribution in [0.15, 0.2) is 54.7 Å². The number of fused-ring (bicyclic) bond motifs is 1. The van der Waals surface area contributed by atoms with E-state index in [2.05, 4.69) is 40.6 Å². The second kappa shape index (κ2) is 5.60. The maximum Gasteiger partial charge on any atom is 0.0991 e. The Bertz CT molecular complexity index is 748. The van der Waals surface area contributed by atoms with Gasteiger partial charge < -0.3 is 10.3 Å². The third-order valence-electron chi connectivity index (χ3n) is 3.41. The summed E-state index contributed by atoms with van der Waals surface area (Å²) in [7, 11) is 0. The van der Waals surface area contributed by atoms with Crippen molar-refractivity contribution in [1.82, 2.24) is 10.3 Å². The molecule has 1 heterocycles. The number of hydrogen-bond acceptors (Lipinski definition) is 2. The Balaban J connectivity index is 1.65. The van der Waals surface area contributed by atoms with Gasteiger partial charge in [-0.25, -0.2) is 0 Å². The molecule has 2 aromatic carbocycles. The van der Waals surface area contributed by atoms with Gasteiger partial charge in [0.1, 0.15) is 0 Å². The zero-order valence-electron chi connectivity index (χ0n) is 11.1. The Morgan fingerprint density at radius 3 is 2.65 bits per heavy atom. The van der Waals surface area contributed by atoms with Crippen LogP contribution in [-0.4, -0.2) is 4.98 Å². The molecule has 1 aromatic heterocycles. The molecule has 20 heavy (non-hydrogen) atoms. The lowest BCUT2D eigenvalue weighted by atomic mass is 10.1. The quantitative estimate of drug-likeness (QED) is 0.757. The third kappa shape index (κ3) is 2.56. The number of rotatable bonds is 4. The standard InChI is InChI=1S/C17H15N3/c18-10-13-4-6-14(7-5-13)11-19-12-15-2-1-3-17-16(15)8-9-20-17/h1-9,19-20H,11-12H2. The first-order chi connectivity index (χ1) is 9.86. The molecule has 0 aliphatic rings. The van der Waals surface area contributed by atoms with Crippen molar-refractivity contribution in [1.29, 1.82) is 5.26 Å². The minimum Gasteiger partial charge on any atom is -0.361 e. The minimum absolute atomic E-state index is 0.700. The SMILES string of the molecule is N#Cc1ccc(CNCc2cccc3[nH]ccc23)cc1. The summed E-state index contributed by atoms with van der Waals surface area (Å²) >= 11 is 0. The van der Waals surface area contributed by atoms with Gasteiger partial charge in [-0.3, -0.25) is 0 Å². The highest BCUT2D eigenvalue weighted by atomic mass is 14.8. The minimum atomic E-state index is 0.700. The molecule has 3 heteroatoms. The summed E-state index contributed by atoms with van der Waals surface area (Å²) in [6, 6.07) is 18.2. The molecule has 0 unspecified atom stereocenters. The first-order valence-corrected chi connectivity index (χ1v) is 6.61. The number of nitriles is 1. The Kier molecular flexibility index (Phi) is 3.49. The van der Waals surface area contributed by atoms with Gasteiger partial charge in [0.05, 0.1) is 11.6 Å². The van der Waals surface area contributed by atoms with Gasteiger partial charge in [0.15, 0.2) is 0 Å². The predicted molar refractivity (Wildman–Crippen MR) is 80.0 cm³/mol. The van der Waals surface area contributed by atoms with E-state index in [1.165, 1.54) is 22.0 Å². The van der Waals surface area contributed by atoms with Crippen LogP contribution in [0, 0.1) is 11.3 Å². The number of benzene rings is 2. The monoisotopic (exact) mass is 261 g/mol. The molecule has 3 nitrogen and oxygen atoms in total. The number of nitrogens with one attached hydrogen (secondary N) is 2. The molecule has 0 saturated carbocycles. The molecule has 0 aliphatic heterocycles. The van der Waals surface area contributed by atoms with Crippen LogP contribution in [0.4, 0.5) is 0 Å². The molecule has 0 spiro atoms. The summed E-state index contributed by atoms with van der Waals surface area (Å²) < 4.78 is 0. The second-order valence-electron chi connectivity index (χ2n) is 4.77. The van der Waals surface area contributed by atoms with Crippen LogP contribution >= 0.6 is 0 Å². The lowest BCUT2D eigenvalue weighted by Gasteiger charge is -2.06. The largest absolute Gasteiger partial charge is 0.361 e. The fraction of sp³-hybridized carbons (Fsp3) is 0.118. The predicted octanol–water partition coefficient (Wildman–Crippen LogP) is 3.33. The number of aromatic amines is 1. The van der Waals surface area contributed by atoms with Gasteiger partial charge in [0, 0.05) is 30.2 Å². The zero-order valence-corrected chi connectivity index (χ0v) is 11.1. The van der Waals surface area contributed by atoms with Crippen LogP contribution in [0.2, 0.25) is 0 Å². The number of hydrogen-bond donors (Lipinski definition) is 2. The first-order valence-electron chi connectivity index (χ1n) is 6.61. The Morgan fingerprint density at radius 1 is 1.00 bits per heavy atom. The van der Waals surface area contributed by atoms with Gasteiger partial charge in [-0.05, 0) is 35.4 Å². The Morgan fingerprint density at radius 2 is 1.85 bits per heavy atom. The van der Waals surface area contributed by atoms with E-state index in [0.29, 0.717) is 5.56 Å². The van der Waals surface area contributed by atoms with Crippen molar-refractivity contribution < 1.29 is 0 Å². The fourth-order valence-electron chi connectivity index (χ4n) is 2.34. The molecule has 2 N–H and O–H groups in total. The highest BCUT2D eigenvalue weighted by molar-refractivity contribution is 5.82. The van der Waals surface area contributed by atoms with Crippen LogP contribution in [0.1, 0.15) is 16.7 Å². The van der Waals surface area contributed by atoms with E-state index >= 15 is 0 Å². The van der Waals surface area contributed by atoms with Crippen LogP contribution in [-0.2, 0) is 13.1 Å². The summed E-state index contributed by atoms with van der Waals surface area (Å²) in [5.74, 6) is 0. The summed E-state index contributed by atoms with van der Waals surface area (Å²) in [5, 5.41) is 13.5. The van der Waals surface area contributed by atoms with Crippen molar-refractivity contribution in [2.45, 2.75) is 13.1 Å². The summed E-state index contributed by atoms with van der Waals surface area (Å²) in [5.41, 5.74) is 4.34. The Labute approximate surface area is 117 Å². The van der Waals surface area contributed by atoms with Crippen molar-refractivity contribution in [3.63, 3.8) is 0 Å². The lowest BCUT2D eigenvalue weighted by Crippen LogP contribution is -2.12. The summed E-state index contributed by atoms with van der Waals surface area (Å²) in [6.07, 6.45) is 1.97. The van der Waals surface area contributed by atoms with Crippen molar-refractivity contribution >= 4 is 10.9 Å². The molecule has 0 aliphatic carbocycles. The van der Waals surface area contributed by atoms with Crippen LogP contribution in [0.5, 0.6) is 0 Å². The summed E-state index contributed by atoms with van der Waals surface area (Å²) in [6.45, 7) is 1.63. The molecule has 3 aromatic rings. The molecule has 98 valence electrons. The number of nitrogens with zero attached hydrogens (tertiary/aromatic N) is 1. The topological polar surface area (TPSA) is 51.6 Å². The van der Waals surface area contributed by atoms with Crippen molar-refractivity contribution in [3.05, 3.63) is 71.4 Å². The van der Waals surface area contributed by atoms with Crippen molar-refractivity contribution in [3.8, 4) is 6.07 Å². The molecule has 0 fully saturated rings. The molecule has 3 rings (SSSR count). The number of aromatic nitrogens is 1. The van der Waals surface area contributed by atoms with Gasteiger partial charge in [-0.1, -0.05) is 24.3 Å². The smallest absolute Gasteiger partial charge is 0.0991 e. The van der Waals surface area contributed by atoms with E-state index in [1.807, 2.05) is 30.5 Å². The van der Waals surface area contributed by atoms with E-state index in [4.69, 9.17) is 5.26 Å². The molecule has 0 bridgehead atoms. The molecule has 0 atom stereocenters. The fourth-order valence-corrected chi connectivity index (χ4v) is 2.34. The van der Waals surface area contributed by atoms with E-state index in [-0.39, 0.29) is 0 Å². The van der Waals surface area contributed by atoms with Gasteiger partial charge in [0.25, 0.3) is 0 Å². The highest BCUT2D eigenvalue weighted by Crippen LogP contribution is 2.17. The van der Waals surface area contributed by atoms with Gasteiger partial charge in [0.2, 0.25) is 0 Å². The van der Waals surface area contributed by atoms with Gasteiger partial charge in [-0.15, -0.1) is 0 Å². The highest BCUT2D eigenvalue weighted by Gasteiger charge is 2.01. The average Bonchev–Trinajstić information content (AvgIpc) is 2.97. The van der Waals surface area contributed by atoms with Crippen LogP contribution in [0.3, 0.4) is 0 Å². The molecular formula is C17H15N3. The number of H-pyrrole nitrogens is 1. The summed E-state index contributed by atoms with van der Waals surface area (Å²) in [4.78, 5) is 3.22. The molecule has 0 amide bonds.